The van der Waals surface area contributed by atoms with Crippen molar-refractivity contribution in [1.29, 1.82) is 0 Å². The molecule has 1 atom stereocenters. The molecule has 4 rings (SSSR count). The summed E-state index contributed by atoms with van der Waals surface area (Å²) in [6.07, 6.45) is 2.68. The van der Waals surface area contributed by atoms with Crippen molar-refractivity contribution in [3.05, 3.63) is 64.6 Å². The normalized spacial score (nSPS) is 15.5. The molecule has 0 N–H and O–H groups in total. The monoisotopic (exact) mass is 418 g/mol. The first-order valence-corrected chi connectivity index (χ1v) is 8.94. The lowest BCUT2D eigenvalue weighted by Gasteiger charge is -2.22. The first-order chi connectivity index (χ1) is 14.5. The van der Waals surface area contributed by atoms with Gasteiger partial charge in [0.25, 0.3) is 0 Å². The van der Waals surface area contributed by atoms with Crippen LogP contribution in [0.15, 0.2) is 48.8 Å². The fourth-order valence-corrected chi connectivity index (χ4v) is 2.97. The molecule has 3 aromatic rings. The second kappa shape index (κ2) is 8.41. The van der Waals surface area contributed by atoms with Gasteiger partial charge in [-0.3, -0.25) is 9.55 Å². The maximum Gasteiger partial charge on any atom is 0.414 e. The Hall–Kier alpha value is -3.60. The third-order valence-electron chi connectivity index (χ3n) is 4.42. The van der Waals surface area contributed by atoms with Crippen molar-refractivity contribution in [3.63, 3.8) is 0 Å². The van der Waals surface area contributed by atoms with Crippen molar-refractivity contribution < 1.29 is 27.9 Å². The number of aromatic nitrogens is 3. The molecule has 30 heavy (non-hydrogen) atoms. The fourth-order valence-electron chi connectivity index (χ4n) is 2.97. The number of benzene rings is 1. The molecule has 0 spiro atoms. The van der Waals surface area contributed by atoms with E-state index in [1.807, 2.05) is 6.07 Å². The average molecular weight is 418 g/mol. The van der Waals surface area contributed by atoms with Gasteiger partial charge in [0, 0.05) is 16.7 Å². The van der Waals surface area contributed by atoms with Gasteiger partial charge in [-0.15, -0.1) is 0 Å². The lowest BCUT2D eigenvalue weighted by molar-refractivity contribution is -0.389. The molecular formula is C19H16F2N4O5. The number of nitrogens with zero attached hydrogens (tertiary/aromatic N) is 4. The molecule has 1 aromatic carbocycles. The number of alkyl halides is 2. The summed E-state index contributed by atoms with van der Waals surface area (Å²) >= 11 is 0. The van der Waals surface area contributed by atoms with E-state index in [9.17, 15) is 18.9 Å². The predicted octanol–water partition coefficient (Wildman–Crippen LogP) is 3.43. The van der Waals surface area contributed by atoms with Gasteiger partial charge in [-0.25, -0.2) is 0 Å². The van der Waals surface area contributed by atoms with Crippen LogP contribution in [0.2, 0.25) is 0 Å². The minimum Gasteiger partial charge on any atom is -0.443 e. The van der Waals surface area contributed by atoms with Crippen molar-refractivity contribution in [2.24, 2.45) is 0 Å². The first-order valence-electron chi connectivity index (χ1n) is 8.94. The summed E-state index contributed by atoms with van der Waals surface area (Å²) in [4.78, 5) is 18.4. The molecule has 0 saturated heterocycles. The second-order valence-electron chi connectivity index (χ2n) is 6.48. The van der Waals surface area contributed by atoms with Crippen LogP contribution in [0.5, 0.6) is 11.8 Å². The van der Waals surface area contributed by atoms with E-state index in [1.54, 1.807) is 29.0 Å². The fraction of sp³-hybridized carbons (Fsp3) is 0.263. The highest BCUT2D eigenvalue weighted by Gasteiger charge is 2.28. The van der Waals surface area contributed by atoms with Crippen molar-refractivity contribution in [2.75, 3.05) is 6.61 Å². The molecule has 0 saturated carbocycles. The Morgan fingerprint density at radius 2 is 2.00 bits per heavy atom. The van der Waals surface area contributed by atoms with E-state index in [2.05, 4.69) is 14.7 Å². The summed E-state index contributed by atoms with van der Waals surface area (Å²) in [5.41, 5.74) is 2.32. The van der Waals surface area contributed by atoms with Crippen LogP contribution in [-0.4, -0.2) is 38.8 Å². The summed E-state index contributed by atoms with van der Waals surface area (Å²) in [6, 6.07) is 10.1. The topological polar surface area (TPSA) is 102 Å². The maximum absolute atomic E-state index is 12.2. The number of halogens is 2. The molecule has 9 nitrogen and oxygen atoms in total. The van der Waals surface area contributed by atoms with Crippen LogP contribution in [0.25, 0.3) is 11.1 Å². The van der Waals surface area contributed by atoms with Gasteiger partial charge in [0.2, 0.25) is 0 Å². The van der Waals surface area contributed by atoms with Gasteiger partial charge in [0.15, 0.2) is 0 Å². The third-order valence-corrected chi connectivity index (χ3v) is 4.42. The molecule has 0 aliphatic carbocycles. The van der Waals surface area contributed by atoms with Crippen LogP contribution >= 0.6 is 0 Å². The van der Waals surface area contributed by atoms with E-state index in [0.717, 1.165) is 11.1 Å². The lowest BCUT2D eigenvalue weighted by atomic mass is 10.1. The highest BCUT2D eigenvalue weighted by atomic mass is 19.3. The van der Waals surface area contributed by atoms with Crippen molar-refractivity contribution >= 4 is 5.82 Å². The van der Waals surface area contributed by atoms with Gasteiger partial charge >= 0.3 is 18.4 Å². The van der Waals surface area contributed by atoms with Gasteiger partial charge in [-0.05, 0) is 28.7 Å². The number of fused-ring (bicyclic) bond motifs is 1. The van der Waals surface area contributed by atoms with Gasteiger partial charge in [0.05, 0.1) is 18.8 Å². The van der Waals surface area contributed by atoms with Gasteiger partial charge in [-0.2, -0.15) is 8.78 Å². The van der Waals surface area contributed by atoms with Gasteiger partial charge < -0.3 is 24.3 Å². The zero-order chi connectivity index (χ0) is 21.1. The number of rotatable bonds is 7. The second-order valence-corrected chi connectivity index (χ2v) is 6.48. The Labute approximate surface area is 169 Å². The molecular weight excluding hydrogens is 402 g/mol. The van der Waals surface area contributed by atoms with E-state index < -0.39 is 11.5 Å². The van der Waals surface area contributed by atoms with Crippen LogP contribution in [0.1, 0.15) is 5.69 Å². The largest absolute Gasteiger partial charge is 0.443 e. The lowest BCUT2D eigenvalue weighted by Crippen LogP contribution is -2.32. The standard InChI is InChI=1S/C19H16F2N4O5/c20-18(21)30-15-5-2-12(3-6-15)13-1-4-14(22-7-13)10-28-16-8-24-9-17(25(26)27)23-19(24)29-11-16/h1-7,9,16,18H,8,10-11H2/t16-/m1/s1. The van der Waals surface area contributed by atoms with E-state index in [0.29, 0.717) is 12.2 Å². The molecule has 0 radical (unpaired) electrons. The molecule has 3 heterocycles. The molecule has 2 aromatic heterocycles. The number of imidazole rings is 1. The molecule has 11 heteroatoms. The van der Waals surface area contributed by atoms with Crippen molar-refractivity contribution in [1.82, 2.24) is 14.5 Å². The number of hydrogen-bond donors (Lipinski definition) is 0. The number of nitro groups is 1. The maximum atomic E-state index is 12.2. The Kier molecular flexibility index (Phi) is 5.53. The Morgan fingerprint density at radius 1 is 1.23 bits per heavy atom. The van der Waals surface area contributed by atoms with Crippen LogP contribution in [0.3, 0.4) is 0 Å². The minimum atomic E-state index is -2.86. The smallest absolute Gasteiger partial charge is 0.414 e. The molecule has 156 valence electrons. The van der Waals surface area contributed by atoms with E-state index in [-0.39, 0.29) is 36.9 Å². The first kappa shape index (κ1) is 19.7. The molecule has 0 unspecified atom stereocenters. The third kappa shape index (κ3) is 4.51. The quantitative estimate of drug-likeness (QED) is 0.428. The van der Waals surface area contributed by atoms with Crippen molar-refractivity contribution in [3.8, 4) is 22.9 Å². The zero-order valence-electron chi connectivity index (χ0n) is 15.5. The highest BCUT2D eigenvalue weighted by molar-refractivity contribution is 5.63. The SMILES string of the molecule is O=[N+]([O-])c1cn2c(n1)OC[C@H](OCc1ccc(-c3ccc(OC(F)F)cc3)cn1)C2. The summed E-state index contributed by atoms with van der Waals surface area (Å²) in [5.74, 6) is -0.176. The Balaban J connectivity index is 1.33. The Bertz CT molecular complexity index is 1020. The molecule has 0 bridgehead atoms. The molecule has 0 amide bonds. The minimum absolute atomic E-state index is 0.0906. The van der Waals surface area contributed by atoms with E-state index in [4.69, 9.17) is 9.47 Å². The summed E-state index contributed by atoms with van der Waals surface area (Å²) in [6.45, 7) is -2.00. The van der Waals surface area contributed by atoms with Gasteiger partial charge in [0.1, 0.15) is 24.7 Å². The molecule has 0 fully saturated rings. The number of pyridine rings is 1. The van der Waals surface area contributed by atoms with Crippen LogP contribution in [-0.2, 0) is 17.9 Å². The average Bonchev–Trinajstić information content (AvgIpc) is 3.17. The highest BCUT2D eigenvalue weighted by Crippen LogP contribution is 2.24. The number of hydrogen-bond acceptors (Lipinski definition) is 7. The number of ether oxygens (including phenoxy) is 3. The predicted molar refractivity (Wildman–Crippen MR) is 99.3 cm³/mol. The molecule has 1 aliphatic rings. The summed E-state index contributed by atoms with van der Waals surface area (Å²) in [7, 11) is 0. The Morgan fingerprint density at radius 3 is 2.67 bits per heavy atom. The summed E-state index contributed by atoms with van der Waals surface area (Å²) < 4.78 is 41.5. The van der Waals surface area contributed by atoms with Gasteiger partial charge in [-0.1, -0.05) is 18.2 Å². The van der Waals surface area contributed by atoms with Crippen molar-refractivity contribution in [2.45, 2.75) is 25.9 Å². The van der Waals surface area contributed by atoms with E-state index >= 15 is 0 Å². The summed E-state index contributed by atoms with van der Waals surface area (Å²) in [5, 5.41) is 10.8. The van der Waals surface area contributed by atoms with Crippen LogP contribution in [0.4, 0.5) is 14.6 Å². The molecule has 1 aliphatic heterocycles. The zero-order valence-corrected chi connectivity index (χ0v) is 15.5. The van der Waals surface area contributed by atoms with E-state index in [1.165, 1.54) is 18.3 Å². The van der Waals surface area contributed by atoms with Crippen LogP contribution in [0, 0.1) is 10.1 Å². The van der Waals surface area contributed by atoms with Crippen LogP contribution < -0.4 is 9.47 Å².